The van der Waals surface area contributed by atoms with Gasteiger partial charge in [-0.05, 0) is 74.5 Å². The summed E-state index contributed by atoms with van der Waals surface area (Å²) in [7, 11) is 4.16. The lowest BCUT2D eigenvalue weighted by Crippen LogP contribution is -2.54. The van der Waals surface area contributed by atoms with E-state index in [0.717, 1.165) is 31.3 Å². The van der Waals surface area contributed by atoms with E-state index in [9.17, 15) is 14.4 Å². The number of fused-ring (bicyclic) bond motifs is 5. The first-order valence-electron chi connectivity index (χ1n) is 15.8. The van der Waals surface area contributed by atoms with Gasteiger partial charge in [0.2, 0.25) is 0 Å². The van der Waals surface area contributed by atoms with Crippen LogP contribution in [0.25, 0.3) is 0 Å². The number of carbonyl (C=O) groups is 3. The van der Waals surface area contributed by atoms with Crippen molar-refractivity contribution in [2.75, 3.05) is 28.1 Å². The van der Waals surface area contributed by atoms with Crippen molar-refractivity contribution in [2.45, 2.75) is 104 Å². The van der Waals surface area contributed by atoms with Crippen LogP contribution in [0.5, 0.6) is 0 Å². The molecule has 0 saturated heterocycles. The highest BCUT2D eigenvalue weighted by atomic mass is 16.7. The summed E-state index contributed by atoms with van der Waals surface area (Å²) < 4.78 is 31.8. The van der Waals surface area contributed by atoms with Crippen LogP contribution in [0.1, 0.15) is 86.5 Å². The summed E-state index contributed by atoms with van der Waals surface area (Å²) in [4.78, 5) is 37.5. The zero-order chi connectivity index (χ0) is 31.7. The number of allylic oxidation sites excluding steroid dienone is 3. The lowest BCUT2D eigenvalue weighted by molar-refractivity contribution is -0.157. The summed E-state index contributed by atoms with van der Waals surface area (Å²) >= 11 is 0. The van der Waals surface area contributed by atoms with Crippen molar-refractivity contribution >= 4 is 18.1 Å². The van der Waals surface area contributed by atoms with Crippen molar-refractivity contribution in [1.82, 2.24) is 0 Å². The molecule has 3 fully saturated rings. The third-order valence-corrected chi connectivity index (χ3v) is 11.8. The van der Waals surface area contributed by atoms with Crippen molar-refractivity contribution in [3.8, 4) is 0 Å². The molecule has 0 amide bonds. The SMILES string of the molecule is COCOC(C)(C)C(=O)C[C@H](C)[C@@H](C)[C@H]1CC[C@H]2C3=CC=C4C[C@@H](OC(=O)OC)C[C@H](OC(=O)OC)[C@]4(C)[C@H]3CC[C@]12C. The van der Waals surface area contributed by atoms with Gasteiger partial charge in [0.25, 0.3) is 0 Å². The molecule has 9 heteroatoms. The van der Waals surface area contributed by atoms with Gasteiger partial charge in [-0.25, -0.2) is 9.59 Å². The molecule has 4 aliphatic rings. The third kappa shape index (κ3) is 6.26. The number of methoxy groups -OCH3 is 3. The molecule has 242 valence electrons. The Morgan fingerprint density at radius 2 is 1.63 bits per heavy atom. The van der Waals surface area contributed by atoms with E-state index >= 15 is 0 Å². The predicted molar refractivity (Wildman–Crippen MR) is 160 cm³/mol. The summed E-state index contributed by atoms with van der Waals surface area (Å²) in [6.45, 7) is 12.9. The van der Waals surface area contributed by atoms with Crippen molar-refractivity contribution in [1.29, 1.82) is 0 Å². The second-order valence-corrected chi connectivity index (χ2v) is 14.2. The highest BCUT2D eigenvalue weighted by molar-refractivity contribution is 5.86. The van der Waals surface area contributed by atoms with Crippen LogP contribution in [-0.4, -0.2) is 64.0 Å². The van der Waals surface area contributed by atoms with E-state index in [1.54, 1.807) is 7.11 Å². The Bertz CT molecular complexity index is 1120. The average molecular weight is 605 g/mol. The first-order chi connectivity index (χ1) is 20.2. The number of rotatable bonds is 10. The Balaban J connectivity index is 1.56. The zero-order valence-electron chi connectivity index (χ0n) is 27.5. The Morgan fingerprint density at radius 3 is 2.28 bits per heavy atom. The van der Waals surface area contributed by atoms with Gasteiger partial charge in [-0.2, -0.15) is 0 Å². The molecule has 0 aliphatic heterocycles. The zero-order valence-corrected chi connectivity index (χ0v) is 27.5. The summed E-state index contributed by atoms with van der Waals surface area (Å²) in [6, 6.07) is 0. The molecule has 0 aromatic heterocycles. The topological polar surface area (TPSA) is 107 Å². The third-order valence-electron chi connectivity index (χ3n) is 11.8. The number of carbonyl (C=O) groups excluding carboxylic acids is 3. The van der Waals surface area contributed by atoms with Gasteiger partial charge in [0, 0.05) is 31.8 Å². The van der Waals surface area contributed by atoms with Gasteiger partial charge in [-0.1, -0.05) is 51.0 Å². The molecule has 9 nitrogen and oxygen atoms in total. The van der Waals surface area contributed by atoms with Crippen LogP contribution in [-0.2, 0) is 33.2 Å². The first-order valence-corrected chi connectivity index (χ1v) is 15.8. The largest absolute Gasteiger partial charge is 0.508 e. The standard InChI is InChI=1S/C34H52O9/c1-20(16-28(35)32(3,4)41-19-38-7)21(2)25-12-13-26-24-11-10-22-17-23(42-30(36)39-8)18-29(43-31(37)40-9)34(22,6)27(24)14-15-33(25,26)5/h10-11,20-21,23,25-27,29H,12-19H2,1-9H3/t20-,21+,23+,25+,26-,27-,29-,33+,34-/m0/s1. The molecule has 9 atom stereocenters. The molecule has 4 rings (SSSR count). The van der Waals surface area contributed by atoms with Gasteiger partial charge >= 0.3 is 12.3 Å². The number of ketones is 1. The summed E-state index contributed by atoms with van der Waals surface area (Å²) in [5.41, 5.74) is 1.39. The molecular formula is C34H52O9. The van der Waals surface area contributed by atoms with Crippen LogP contribution in [0.15, 0.2) is 23.3 Å². The van der Waals surface area contributed by atoms with Crippen LogP contribution < -0.4 is 0 Å². The van der Waals surface area contributed by atoms with Crippen molar-refractivity contribution in [3.63, 3.8) is 0 Å². The normalized spacial score (nSPS) is 34.8. The summed E-state index contributed by atoms with van der Waals surface area (Å²) in [5, 5.41) is 0. The van der Waals surface area contributed by atoms with Crippen molar-refractivity contribution in [2.24, 2.45) is 40.4 Å². The molecule has 0 N–H and O–H groups in total. The monoisotopic (exact) mass is 604 g/mol. The Labute approximate surface area is 257 Å². The summed E-state index contributed by atoms with van der Waals surface area (Å²) in [5.74, 6) is 1.84. The molecular weight excluding hydrogens is 552 g/mol. The maximum absolute atomic E-state index is 13.2. The van der Waals surface area contributed by atoms with E-state index in [0.29, 0.717) is 37.0 Å². The van der Waals surface area contributed by atoms with Crippen LogP contribution >= 0.6 is 0 Å². The number of hydrogen-bond acceptors (Lipinski definition) is 9. The lowest BCUT2D eigenvalue weighted by atomic mass is 9.49. The highest BCUT2D eigenvalue weighted by Gasteiger charge is 2.60. The van der Waals surface area contributed by atoms with E-state index in [4.69, 9.17) is 28.4 Å². The fraction of sp³-hybridized carbons (Fsp3) is 0.794. The predicted octanol–water partition coefficient (Wildman–Crippen LogP) is 7.03. The fourth-order valence-electron chi connectivity index (χ4n) is 8.93. The molecule has 43 heavy (non-hydrogen) atoms. The maximum Gasteiger partial charge on any atom is 0.508 e. The molecule has 0 aromatic carbocycles. The van der Waals surface area contributed by atoms with Gasteiger partial charge in [-0.15, -0.1) is 0 Å². The van der Waals surface area contributed by atoms with Gasteiger partial charge in [0.15, 0.2) is 5.78 Å². The number of ether oxygens (including phenoxy) is 6. The smallest absolute Gasteiger partial charge is 0.438 e. The Morgan fingerprint density at radius 1 is 0.953 bits per heavy atom. The fourth-order valence-corrected chi connectivity index (χ4v) is 8.93. The minimum Gasteiger partial charge on any atom is -0.438 e. The molecule has 0 spiro atoms. The molecule has 0 bridgehead atoms. The van der Waals surface area contributed by atoms with Gasteiger partial charge in [0.1, 0.15) is 24.6 Å². The van der Waals surface area contributed by atoms with E-state index in [-0.39, 0.29) is 29.8 Å². The van der Waals surface area contributed by atoms with E-state index in [1.165, 1.54) is 19.8 Å². The first kappa shape index (κ1) is 33.5. The molecule has 0 heterocycles. The number of hydrogen-bond donors (Lipinski definition) is 0. The van der Waals surface area contributed by atoms with E-state index < -0.39 is 35.5 Å². The highest BCUT2D eigenvalue weighted by Crippen LogP contribution is 2.66. The maximum atomic E-state index is 13.2. The van der Waals surface area contributed by atoms with Crippen LogP contribution in [0, 0.1) is 40.4 Å². The van der Waals surface area contributed by atoms with Crippen LogP contribution in [0.4, 0.5) is 9.59 Å². The lowest BCUT2D eigenvalue weighted by Gasteiger charge is -2.57. The summed E-state index contributed by atoms with van der Waals surface area (Å²) in [6.07, 6.45) is 7.78. The average Bonchev–Trinajstić information content (AvgIpc) is 3.33. The second-order valence-electron chi connectivity index (χ2n) is 14.2. The minimum atomic E-state index is -0.875. The van der Waals surface area contributed by atoms with Crippen molar-refractivity contribution in [3.05, 3.63) is 23.3 Å². The van der Waals surface area contributed by atoms with Crippen molar-refractivity contribution < 1.29 is 42.8 Å². The van der Waals surface area contributed by atoms with Gasteiger partial charge in [-0.3, -0.25) is 4.79 Å². The Hall–Kier alpha value is -2.39. The van der Waals surface area contributed by atoms with E-state index in [2.05, 4.69) is 39.8 Å². The van der Waals surface area contributed by atoms with Gasteiger partial charge < -0.3 is 28.4 Å². The minimum absolute atomic E-state index is 0.0981. The van der Waals surface area contributed by atoms with Gasteiger partial charge in [0.05, 0.1) is 14.2 Å². The quantitative estimate of drug-likeness (QED) is 0.192. The second kappa shape index (κ2) is 12.9. The van der Waals surface area contributed by atoms with Crippen LogP contribution in [0.2, 0.25) is 0 Å². The molecule has 0 aromatic rings. The molecule has 0 radical (unpaired) electrons. The van der Waals surface area contributed by atoms with Crippen LogP contribution in [0.3, 0.4) is 0 Å². The molecule has 0 unspecified atom stereocenters. The molecule has 3 saturated carbocycles. The number of Topliss-reactive ketones (excluding diaryl/α,β-unsaturated/α-hetero) is 1. The Kier molecular flexibility index (Phi) is 10.1. The molecule has 4 aliphatic carbocycles. The van der Waals surface area contributed by atoms with E-state index in [1.807, 2.05) is 13.8 Å².